The van der Waals surface area contributed by atoms with Crippen molar-refractivity contribution in [3.63, 3.8) is 0 Å². The van der Waals surface area contributed by atoms with Gasteiger partial charge in [-0.05, 0) is 45.0 Å². The lowest BCUT2D eigenvalue weighted by Gasteiger charge is -2.27. The minimum absolute atomic E-state index is 0. The normalized spacial score (nSPS) is 16.9. The Balaban J connectivity index is 0.00000264. The standard InChI is InChI=1S/C17H25N3O2.ClH/c1-3-10-20(14-8-9-18-11-14)12-17(22)19-16-7-5-4-6-15(16)13(2)21;/h4-7,14,18H,3,8-12H2,1-2H3,(H,19,22);1H. The predicted octanol–water partition coefficient (Wildman–Crippen LogP) is 2.32. The first kappa shape index (κ1) is 19.6. The van der Waals surface area contributed by atoms with Gasteiger partial charge in [-0.15, -0.1) is 12.4 Å². The predicted molar refractivity (Wildman–Crippen MR) is 95.5 cm³/mol. The number of Topliss-reactive ketones (excluding diaryl/α,β-unsaturated/α-hetero) is 1. The number of carbonyl (C=O) groups excluding carboxylic acids is 2. The van der Waals surface area contributed by atoms with E-state index in [1.807, 2.05) is 6.07 Å². The van der Waals surface area contributed by atoms with E-state index in [0.717, 1.165) is 32.5 Å². The topological polar surface area (TPSA) is 61.4 Å². The largest absolute Gasteiger partial charge is 0.324 e. The molecule has 0 spiro atoms. The molecular weight excluding hydrogens is 314 g/mol. The summed E-state index contributed by atoms with van der Waals surface area (Å²) in [6.07, 6.45) is 2.10. The van der Waals surface area contributed by atoms with Crippen LogP contribution in [0, 0.1) is 0 Å². The molecule has 1 unspecified atom stereocenters. The molecule has 1 amide bonds. The van der Waals surface area contributed by atoms with Crippen LogP contribution in [0.5, 0.6) is 0 Å². The van der Waals surface area contributed by atoms with Gasteiger partial charge in [0.05, 0.1) is 12.2 Å². The Morgan fingerprint density at radius 2 is 2.09 bits per heavy atom. The lowest BCUT2D eigenvalue weighted by molar-refractivity contribution is -0.117. The number of nitrogens with one attached hydrogen (secondary N) is 2. The zero-order chi connectivity index (χ0) is 15.9. The van der Waals surface area contributed by atoms with Crippen LogP contribution in [-0.4, -0.2) is 48.8 Å². The van der Waals surface area contributed by atoms with E-state index in [1.54, 1.807) is 18.2 Å². The monoisotopic (exact) mass is 339 g/mol. The fourth-order valence-electron chi connectivity index (χ4n) is 2.90. The van der Waals surface area contributed by atoms with Gasteiger partial charge in [-0.25, -0.2) is 0 Å². The smallest absolute Gasteiger partial charge is 0.238 e. The Bertz CT molecular complexity index is 530. The van der Waals surface area contributed by atoms with Crippen LogP contribution in [0.3, 0.4) is 0 Å². The van der Waals surface area contributed by atoms with E-state index in [4.69, 9.17) is 0 Å². The fraction of sp³-hybridized carbons (Fsp3) is 0.529. The summed E-state index contributed by atoms with van der Waals surface area (Å²) in [6, 6.07) is 7.57. The van der Waals surface area contributed by atoms with Crippen LogP contribution in [0.1, 0.15) is 37.0 Å². The van der Waals surface area contributed by atoms with Crippen molar-refractivity contribution in [2.24, 2.45) is 0 Å². The third-order valence-electron chi connectivity index (χ3n) is 3.99. The Kier molecular flexibility index (Phi) is 8.23. The second-order valence-electron chi connectivity index (χ2n) is 5.77. The van der Waals surface area contributed by atoms with Gasteiger partial charge in [0.15, 0.2) is 5.78 Å². The summed E-state index contributed by atoms with van der Waals surface area (Å²) in [7, 11) is 0. The highest BCUT2D eigenvalue weighted by Crippen LogP contribution is 2.16. The molecule has 5 nitrogen and oxygen atoms in total. The average Bonchev–Trinajstić information content (AvgIpc) is 3.01. The SMILES string of the molecule is CCCN(CC(=O)Nc1ccccc1C(C)=O)C1CCNC1.Cl. The summed E-state index contributed by atoms with van der Waals surface area (Å²) in [5.41, 5.74) is 1.15. The van der Waals surface area contributed by atoms with Crippen LogP contribution >= 0.6 is 12.4 Å². The van der Waals surface area contributed by atoms with Crippen molar-refractivity contribution in [2.45, 2.75) is 32.7 Å². The molecule has 1 aliphatic rings. The number of carbonyl (C=O) groups is 2. The third kappa shape index (κ3) is 5.61. The van der Waals surface area contributed by atoms with E-state index in [0.29, 0.717) is 23.8 Å². The van der Waals surface area contributed by atoms with Crippen molar-refractivity contribution in [1.29, 1.82) is 0 Å². The first-order valence-corrected chi connectivity index (χ1v) is 7.96. The minimum atomic E-state index is -0.0611. The molecule has 1 heterocycles. The summed E-state index contributed by atoms with van der Waals surface area (Å²) < 4.78 is 0. The minimum Gasteiger partial charge on any atom is -0.324 e. The average molecular weight is 340 g/mol. The van der Waals surface area contributed by atoms with Gasteiger partial charge in [-0.1, -0.05) is 19.1 Å². The zero-order valence-electron chi connectivity index (χ0n) is 13.8. The highest BCUT2D eigenvalue weighted by atomic mass is 35.5. The number of para-hydroxylation sites is 1. The molecule has 1 aliphatic heterocycles. The summed E-state index contributed by atoms with van der Waals surface area (Å²) in [4.78, 5) is 26.2. The van der Waals surface area contributed by atoms with Gasteiger partial charge in [0.1, 0.15) is 0 Å². The summed E-state index contributed by atoms with van der Waals surface area (Å²) >= 11 is 0. The van der Waals surface area contributed by atoms with Crippen molar-refractivity contribution in [2.75, 3.05) is 31.5 Å². The van der Waals surface area contributed by atoms with Crippen molar-refractivity contribution >= 4 is 29.8 Å². The van der Waals surface area contributed by atoms with Gasteiger partial charge in [0, 0.05) is 18.2 Å². The van der Waals surface area contributed by atoms with Crippen molar-refractivity contribution in [3.8, 4) is 0 Å². The number of ketones is 1. The molecule has 0 aliphatic carbocycles. The number of benzene rings is 1. The maximum atomic E-state index is 12.3. The number of nitrogens with zero attached hydrogens (tertiary/aromatic N) is 1. The Labute approximate surface area is 144 Å². The van der Waals surface area contributed by atoms with E-state index in [-0.39, 0.29) is 24.1 Å². The second kappa shape index (κ2) is 9.65. The Morgan fingerprint density at radius 3 is 2.70 bits per heavy atom. The maximum absolute atomic E-state index is 12.3. The molecule has 0 radical (unpaired) electrons. The quantitative estimate of drug-likeness (QED) is 0.748. The highest BCUT2D eigenvalue weighted by molar-refractivity contribution is 6.04. The van der Waals surface area contributed by atoms with Gasteiger partial charge in [0.25, 0.3) is 0 Å². The van der Waals surface area contributed by atoms with Crippen LogP contribution in [0.15, 0.2) is 24.3 Å². The van der Waals surface area contributed by atoms with E-state index in [1.165, 1.54) is 6.92 Å². The number of hydrogen-bond acceptors (Lipinski definition) is 4. The molecule has 1 fully saturated rings. The molecule has 1 atom stereocenters. The molecule has 23 heavy (non-hydrogen) atoms. The highest BCUT2D eigenvalue weighted by Gasteiger charge is 2.23. The second-order valence-corrected chi connectivity index (χ2v) is 5.77. The number of rotatable bonds is 7. The van der Waals surface area contributed by atoms with E-state index >= 15 is 0 Å². The molecule has 1 saturated heterocycles. The van der Waals surface area contributed by atoms with Crippen molar-refractivity contribution < 1.29 is 9.59 Å². The van der Waals surface area contributed by atoms with Gasteiger partial charge < -0.3 is 10.6 Å². The van der Waals surface area contributed by atoms with Crippen LogP contribution in [-0.2, 0) is 4.79 Å². The Morgan fingerprint density at radius 1 is 1.35 bits per heavy atom. The molecule has 6 heteroatoms. The zero-order valence-corrected chi connectivity index (χ0v) is 14.6. The molecule has 2 N–H and O–H groups in total. The van der Waals surface area contributed by atoms with Crippen LogP contribution in [0.4, 0.5) is 5.69 Å². The van der Waals surface area contributed by atoms with E-state index < -0.39 is 0 Å². The van der Waals surface area contributed by atoms with Crippen LogP contribution in [0.2, 0.25) is 0 Å². The molecule has 1 aromatic rings. The molecule has 0 aromatic heterocycles. The number of hydrogen-bond donors (Lipinski definition) is 2. The van der Waals surface area contributed by atoms with E-state index in [9.17, 15) is 9.59 Å². The van der Waals surface area contributed by atoms with Gasteiger partial charge >= 0.3 is 0 Å². The first-order chi connectivity index (χ1) is 10.6. The lowest BCUT2D eigenvalue weighted by atomic mass is 10.1. The molecule has 0 saturated carbocycles. The lowest BCUT2D eigenvalue weighted by Crippen LogP contribution is -2.42. The van der Waals surface area contributed by atoms with Gasteiger partial charge in [-0.3, -0.25) is 14.5 Å². The summed E-state index contributed by atoms with van der Waals surface area (Å²) in [5, 5.41) is 6.22. The van der Waals surface area contributed by atoms with Gasteiger partial charge in [0.2, 0.25) is 5.91 Å². The van der Waals surface area contributed by atoms with E-state index in [2.05, 4.69) is 22.5 Å². The van der Waals surface area contributed by atoms with Crippen molar-refractivity contribution in [3.05, 3.63) is 29.8 Å². The Hall–Kier alpha value is -1.43. The molecule has 0 bridgehead atoms. The molecular formula is C17H26ClN3O2. The molecule has 128 valence electrons. The number of anilines is 1. The fourth-order valence-corrected chi connectivity index (χ4v) is 2.90. The maximum Gasteiger partial charge on any atom is 0.238 e. The van der Waals surface area contributed by atoms with Crippen molar-refractivity contribution in [1.82, 2.24) is 10.2 Å². The number of amides is 1. The third-order valence-corrected chi connectivity index (χ3v) is 3.99. The summed E-state index contributed by atoms with van der Waals surface area (Å²) in [5.74, 6) is -0.102. The number of halogens is 1. The molecule has 2 rings (SSSR count). The first-order valence-electron chi connectivity index (χ1n) is 7.96. The van der Waals surface area contributed by atoms with Gasteiger partial charge in [-0.2, -0.15) is 0 Å². The van der Waals surface area contributed by atoms with Crippen LogP contribution < -0.4 is 10.6 Å². The summed E-state index contributed by atoms with van der Waals surface area (Å²) in [6.45, 7) is 6.87. The van der Waals surface area contributed by atoms with Crippen LogP contribution in [0.25, 0.3) is 0 Å². The molecule has 1 aromatic carbocycles.